The summed E-state index contributed by atoms with van der Waals surface area (Å²) in [5.74, 6) is 1.08. The predicted molar refractivity (Wildman–Crippen MR) is 152 cm³/mol. The number of sulfone groups is 2. The fourth-order valence-corrected chi connectivity index (χ4v) is 6.63. The van der Waals surface area contributed by atoms with E-state index in [2.05, 4.69) is 0 Å². The Kier molecular flexibility index (Phi) is 8.00. The van der Waals surface area contributed by atoms with E-state index in [-0.39, 0.29) is 32.8 Å². The van der Waals surface area contributed by atoms with Gasteiger partial charge in [0.25, 0.3) is 0 Å². The molecule has 8 heteroatoms. The van der Waals surface area contributed by atoms with Crippen molar-refractivity contribution in [3.63, 3.8) is 0 Å². The largest absolute Gasteiger partial charge is 0.489 e. The third-order valence-corrected chi connectivity index (χ3v) is 9.85. The summed E-state index contributed by atoms with van der Waals surface area (Å²) in [5.41, 5.74) is 1.82. The van der Waals surface area contributed by atoms with Gasteiger partial charge >= 0.3 is 0 Å². The van der Waals surface area contributed by atoms with E-state index in [0.717, 1.165) is 11.1 Å². The summed E-state index contributed by atoms with van der Waals surface area (Å²) in [6.07, 6.45) is 0. The van der Waals surface area contributed by atoms with Crippen LogP contribution in [-0.4, -0.2) is 16.8 Å². The molecule has 0 aromatic heterocycles. The van der Waals surface area contributed by atoms with Crippen LogP contribution in [0.3, 0.4) is 0 Å². The number of ether oxygens (including phenoxy) is 2. The first kappa shape index (κ1) is 27.2. The van der Waals surface area contributed by atoms with Crippen LogP contribution in [0.5, 0.6) is 11.5 Å². The quantitative estimate of drug-likeness (QED) is 0.190. The van der Waals surface area contributed by atoms with Gasteiger partial charge in [-0.15, -0.1) is 0 Å². The Morgan fingerprint density at radius 3 is 1.02 bits per heavy atom. The van der Waals surface area contributed by atoms with Gasteiger partial charge < -0.3 is 9.47 Å². The molecule has 0 saturated heterocycles. The van der Waals surface area contributed by atoms with Crippen LogP contribution >= 0.6 is 0 Å². The molecule has 202 valence electrons. The van der Waals surface area contributed by atoms with Crippen molar-refractivity contribution in [3.8, 4) is 11.5 Å². The van der Waals surface area contributed by atoms with Gasteiger partial charge in [0.1, 0.15) is 24.7 Å². The fourth-order valence-electron chi connectivity index (χ4n) is 4.06. The molecule has 6 nitrogen and oxygen atoms in total. The van der Waals surface area contributed by atoms with Gasteiger partial charge in [0, 0.05) is 0 Å². The molecule has 0 spiro atoms. The predicted octanol–water partition coefficient (Wildman–Crippen LogP) is 6.51. The summed E-state index contributed by atoms with van der Waals surface area (Å²) in [6, 6.07) is 37.0. The van der Waals surface area contributed by atoms with Crippen molar-refractivity contribution in [3.05, 3.63) is 145 Å². The normalized spacial score (nSPS) is 11.6. The van der Waals surface area contributed by atoms with Crippen molar-refractivity contribution in [1.29, 1.82) is 0 Å². The van der Waals surface area contributed by atoms with E-state index in [4.69, 9.17) is 9.47 Å². The molecule has 0 aliphatic heterocycles. The molecule has 0 amide bonds. The van der Waals surface area contributed by atoms with Crippen LogP contribution in [0.1, 0.15) is 11.1 Å². The molecule has 5 rings (SSSR count). The van der Waals surface area contributed by atoms with E-state index in [1.54, 1.807) is 84.9 Å². The van der Waals surface area contributed by atoms with E-state index < -0.39 is 19.7 Å². The molecule has 0 saturated carbocycles. The average Bonchev–Trinajstić information content (AvgIpc) is 3.00. The monoisotopic (exact) mass is 570 g/mol. The minimum Gasteiger partial charge on any atom is -0.489 e. The summed E-state index contributed by atoms with van der Waals surface area (Å²) in [7, 11) is -7.19. The van der Waals surface area contributed by atoms with Crippen molar-refractivity contribution in [2.24, 2.45) is 0 Å². The fraction of sp³-hybridized carbons (Fsp3) is 0.0625. The Morgan fingerprint density at radius 1 is 0.375 bits per heavy atom. The summed E-state index contributed by atoms with van der Waals surface area (Å²) < 4.78 is 63.1. The summed E-state index contributed by atoms with van der Waals surface area (Å²) in [4.78, 5) is 0.875. The Morgan fingerprint density at radius 2 is 0.675 bits per heavy atom. The zero-order valence-electron chi connectivity index (χ0n) is 21.4. The van der Waals surface area contributed by atoms with Crippen molar-refractivity contribution < 1.29 is 26.3 Å². The Hall–Kier alpha value is -4.40. The second-order valence-corrected chi connectivity index (χ2v) is 12.8. The van der Waals surface area contributed by atoms with Gasteiger partial charge in [0.05, 0.1) is 19.6 Å². The number of hydrogen-bond acceptors (Lipinski definition) is 6. The lowest BCUT2D eigenvalue weighted by Gasteiger charge is -2.13. The third kappa shape index (κ3) is 6.09. The van der Waals surface area contributed by atoms with Gasteiger partial charge in [-0.1, -0.05) is 60.7 Å². The van der Waals surface area contributed by atoms with Crippen LogP contribution in [0.25, 0.3) is 0 Å². The van der Waals surface area contributed by atoms with Gasteiger partial charge in [-0.3, -0.25) is 0 Å². The molecular weight excluding hydrogens is 544 g/mol. The molecule has 0 N–H and O–H groups in total. The molecular formula is C32H26O6S2. The first-order chi connectivity index (χ1) is 19.3. The molecule has 0 aliphatic carbocycles. The molecule has 0 fully saturated rings. The van der Waals surface area contributed by atoms with Crippen molar-refractivity contribution in [1.82, 2.24) is 0 Å². The van der Waals surface area contributed by atoms with Crippen LogP contribution < -0.4 is 9.47 Å². The Balaban J connectivity index is 1.22. The Bertz CT molecular complexity index is 1650. The van der Waals surface area contributed by atoms with Gasteiger partial charge in [-0.05, 0) is 83.9 Å². The lowest BCUT2D eigenvalue weighted by Crippen LogP contribution is -2.05. The van der Waals surface area contributed by atoms with Crippen molar-refractivity contribution in [2.75, 3.05) is 0 Å². The molecule has 5 aromatic carbocycles. The summed E-state index contributed by atoms with van der Waals surface area (Å²) >= 11 is 0. The smallest absolute Gasteiger partial charge is 0.206 e. The maximum absolute atomic E-state index is 12.8. The zero-order valence-corrected chi connectivity index (χ0v) is 23.0. The molecule has 0 aliphatic rings. The van der Waals surface area contributed by atoms with E-state index in [1.807, 2.05) is 24.3 Å². The highest BCUT2D eigenvalue weighted by Gasteiger charge is 2.18. The minimum atomic E-state index is -3.59. The standard InChI is InChI=1S/C32H26O6S2/c33-39(34,29-11-3-1-4-12-29)31-19-15-27(16-20-31)37-23-25-9-7-8-10-26(25)24-38-28-17-21-32(22-18-28)40(35,36)30-13-5-2-6-14-30/h1-22H,23-24H2. The van der Waals surface area contributed by atoms with Gasteiger partial charge in [0.15, 0.2) is 0 Å². The number of rotatable bonds is 10. The lowest BCUT2D eigenvalue weighted by atomic mass is 10.1. The lowest BCUT2D eigenvalue weighted by molar-refractivity contribution is 0.285. The second kappa shape index (κ2) is 11.8. The van der Waals surface area contributed by atoms with Crippen LogP contribution in [0.2, 0.25) is 0 Å². The average molecular weight is 571 g/mol. The van der Waals surface area contributed by atoms with E-state index in [0.29, 0.717) is 11.5 Å². The van der Waals surface area contributed by atoms with Gasteiger partial charge in [-0.25, -0.2) is 16.8 Å². The molecule has 40 heavy (non-hydrogen) atoms. The molecule has 0 unspecified atom stereocenters. The topological polar surface area (TPSA) is 86.7 Å². The Labute approximate surface area is 234 Å². The van der Waals surface area contributed by atoms with Gasteiger partial charge in [-0.2, -0.15) is 0 Å². The van der Waals surface area contributed by atoms with Crippen molar-refractivity contribution >= 4 is 19.7 Å². The van der Waals surface area contributed by atoms with Crippen LogP contribution in [0, 0.1) is 0 Å². The molecule has 0 bridgehead atoms. The van der Waals surface area contributed by atoms with Crippen LogP contribution in [-0.2, 0) is 32.9 Å². The van der Waals surface area contributed by atoms with E-state index >= 15 is 0 Å². The minimum absolute atomic E-state index is 0.197. The molecule has 0 atom stereocenters. The van der Waals surface area contributed by atoms with Crippen molar-refractivity contribution in [2.45, 2.75) is 32.8 Å². The third-order valence-electron chi connectivity index (χ3n) is 6.28. The number of hydrogen-bond donors (Lipinski definition) is 0. The maximum atomic E-state index is 12.8. The first-order valence-electron chi connectivity index (χ1n) is 12.5. The second-order valence-electron chi connectivity index (χ2n) is 8.92. The summed E-state index contributed by atoms with van der Waals surface area (Å²) in [6.45, 7) is 0.525. The van der Waals surface area contributed by atoms with Crippen LogP contribution in [0.15, 0.2) is 153 Å². The highest BCUT2D eigenvalue weighted by molar-refractivity contribution is 7.91. The van der Waals surface area contributed by atoms with Gasteiger partial charge in [0.2, 0.25) is 19.7 Å². The molecule has 0 heterocycles. The van der Waals surface area contributed by atoms with E-state index in [9.17, 15) is 16.8 Å². The number of benzene rings is 5. The molecule has 5 aromatic rings. The summed E-state index contributed by atoms with van der Waals surface area (Å²) in [5, 5.41) is 0. The first-order valence-corrected chi connectivity index (χ1v) is 15.4. The zero-order chi connectivity index (χ0) is 28.0. The highest BCUT2D eigenvalue weighted by atomic mass is 32.2. The SMILES string of the molecule is O=S(=O)(c1ccccc1)c1ccc(OCc2ccccc2COc2ccc(S(=O)(=O)c3ccccc3)cc2)cc1. The maximum Gasteiger partial charge on any atom is 0.206 e. The van der Waals surface area contributed by atoms with Crippen LogP contribution in [0.4, 0.5) is 0 Å². The highest BCUT2D eigenvalue weighted by Crippen LogP contribution is 2.25. The van der Waals surface area contributed by atoms with E-state index in [1.165, 1.54) is 24.3 Å². The molecule has 0 radical (unpaired) electrons.